The zero-order chi connectivity index (χ0) is 13.8. The van der Waals surface area contributed by atoms with Gasteiger partial charge in [-0.3, -0.25) is 0 Å². The Bertz CT molecular complexity index is 553. The number of aryl methyl sites for hydroxylation is 2. The monoisotopic (exact) mass is 260 g/mol. The summed E-state index contributed by atoms with van der Waals surface area (Å²) in [6, 6.07) is 7.27. The number of nitrogens with one attached hydrogen (secondary N) is 1. The molecule has 0 fully saturated rings. The van der Waals surface area contributed by atoms with Crippen LogP contribution in [0.2, 0.25) is 0 Å². The number of methoxy groups -OCH3 is 1. The molecule has 2 aromatic rings. The Morgan fingerprint density at radius 2 is 2.00 bits per heavy atom. The molecule has 0 radical (unpaired) electrons. The molecule has 0 saturated carbocycles. The largest absolute Gasteiger partial charge is 0.465 e. The minimum absolute atomic E-state index is 0.328. The molecule has 0 spiro atoms. The van der Waals surface area contributed by atoms with Gasteiger partial charge in [0.05, 0.1) is 12.7 Å². The van der Waals surface area contributed by atoms with Crippen LogP contribution in [0.15, 0.2) is 28.8 Å². The lowest BCUT2D eigenvalue weighted by Gasteiger charge is -2.06. The number of carbonyl (C=O) groups is 1. The summed E-state index contributed by atoms with van der Waals surface area (Å²) in [5.41, 5.74) is 3.36. The van der Waals surface area contributed by atoms with Gasteiger partial charge < -0.3 is 14.6 Å². The van der Waals surface area contributed by atoms with Crippen LogP contribution in [-0.2, 0) is 11.3 Å². The maximum Gasteiger partial charge on any atom is 0.337 e. The Hall–Kier alpha value is -2.30. The van der Waals surface area contributed by atoms with E-state index in [2.05, 4.69) is 15.2 Å². The molecule has 0 aliphatic heterocycles. The van der Waals surface area contributed by atoms with Crippen LogP contribution < -0.4 is 5.32 Å². The molecule has 5 nitrogen and oxygen atoms in total. The third kappa shape index (κ3) is 2.93. The number of hydrogen-bond donors (Lipinski definition) is 1. The molecular weight excluding hydrogens is 244 g/mol. The number of hydrogen-bond acceptors (Lipinski definition) is 5. The molecule has 0 saturated heterocycles. The molecule has 1 N–H and O–H groups in total. The van der Waals surface area contributed by atoms with Gasteiger partial charge in [-0.25, -0.2) is 4.79 Å². The van der Waals surface area contributed by atoms with E-state index in [9.17, 15) is 4.79 Å². The van der Waals surface area contributed by atoms with E-state index in [4.69, 9.17) is 4.52 Å². The quantitative estimate of drug-likeness (QED) is 0.856. The number of carbonyl (C=O) groups excluding carboxylic acids is 1. The SMILES string of the molecule is COC(=O)c1ccc(CNc2c(C)noc2C)cc1. The van der Waals surface area contributed by atoms with E-state index in [1.165, 1.54) is 7.11 Å². The number of aromatic nitrogens is 1. The van der Waals surface area contributed by atoms with Crippen LogP contribution in [-0.4, -0.2) is 18.2 Å². The van der Waals surface area contributed by atoms with Gasteiger partial charge in [-0.2, -0.15) is 0 Å². The fraction of sp³-hybridized carbons (Fsp3) is 0.286. The predicted molar refractivity (Wildman–Crippen MR) is 71.1 cm³/mol. The molecule has 0 bridgehead atoms. The van der Waals surface area contributed by atoms with E-state index in [1.54, 1.807) is 12.1 Å². The van der Waals surface area contributed by atoms with Crippen molar-refractivity contribution in [1.29, 1.82) is 0 Å². The molecule has 0 unspecified atom stereocenters. The standard InChI is InChI=1S/C14H16N2O3/c1-9-13(10(2)19-16-9)15-8-11-4-6-12(7-5-11)14(17)18-3/h4-7,15H,8H2,1-3H3. The highest BCUT2D eigenvalue weighted by Crippen LogP contribution is 2.19. The maximum absolute atomic E-state index is 11.3. The minimum Gasteiger partial charge on any atom is -0.465 e. The molecule has 1 heterocycles. The summed E-state index contributed by atoms with van der Waals surface area (Å²) in [5.74, 6) is 0.439. The second kappa shape index (κ2) is 5.56. The normalized spacial score (nSPS) is 10.3. The van der Waals surface area contributed by atoms with Gasteiger partial charge in [0, 0.05) is 6.54 Å². The molecular formula is C14H16N2O3. The molecule has 5 heteroatoms. The van der Waals surface area contributed by atoms with Crippen molar-refractivity contribution in [2.45, 2.75) is 20.4 Å². The Balaban J connectivity index is 2.03. The number of nitrogens with zero attached hydrogens (tertiary/aromatic N) is 1. The highest BCUT2D eigenvalue weighted by Gasteiger charge is 2.08. The first-order chi connectivity index (χ1) is 9.11. The van der Waals surface area contributed by atoms with E-state index >= 15 is 0 Å². The average molecular weight is 260 g/mol. The molecule has 1 aromatic carbocycles. The summed E-state index contributed by atoms with van der Waals surface area (Å²) >= 11 is 0. The number of anilines is 1. The number of benzene rings is 1. The van der Waals surface area contributed by atoms with Crippen molar-refractivity contribution in [3.63, 3.8) is 0 Å². The summed E-state index contributed by atoms with van der Waals surface area (Å²) in [4.78, 5) is 11.3. The van der Waals surface area contributed by atoms with E-state index in [0.717, 1.165) is 22.7 Å². The van der Waals surface area contributed by atoms with Crippen LogP contribution in [0.1, 0.15) is 27.4 Å². The summed E-state index contributed by atoms with van der Waals surface area (Å²) in [6.07, 6.45) is 0. The van der Waals surface area contributed by atoms with Gasteiger partial charge in [0.1, 0.15) is 11.4 Å². The van der Waals surface area contributed by atoms with Crippen molar-refractivity contribution >= 4 is 11.7 Å². The fourth-order valence-corrected chi connectivity index (χ4v) is 1.80. The van der Waals surface area contributed by atoms with Gasteiger partial charge in [0.25, 0.3) is 0 Å². The second-order valence-electron chi connectivity index (χ2n) is 4.24. The zero-order valence-electron chi connectivity index (χ0n) is 11.2. The van der Waals surface area contributed by atoms with Crippen molar-refractivity contribution < 1.29 is 14.1 Å². The van der Waals surface area contributed by atoms with E-state index in [-0.39, 0.29) is 5.97 Å². The molecule has 2 rings (SSSR count). The lowest BCUT2D eigenvalue weighted by atomic mass is 10.1. The molecule has 0 amide bonds. The topological polar surface area (TPSA) is 64.4 Å². The van der Waals surface area contributed by atoms with Crippen molar-refractivity contribution in [3.05, 3.63) is 46.8 Å². The first-order valence-electron chi connectivity index (χ1n) is 5.96. The molecule has 1 aromatic heterocycles. The maximum atomic E-state index is 11.3. The highest BCUT2D eigenvalue weighted by atomic mass is 16.5. The van der Waals surface area contributed by atoms with E-state index in [0.29, 0.717) is 12.1 Å². The van der Waals surface area contributed by atoms with Crippen LogP contribution in [0, 0.1) is 13.8 Å². The van der Waals surface area contributed by atoms with Crippen LogP contribution in [0.5, 0.6) is 0 Å². The Morgan fingerprint density at radius 1 is 1.32 bits per heavy atom. The van der Waals surface area contributed by atoms with Gasteiger partial charge >= 0.3 is 5.97 Å². The van der Waals surface area contributed by atoms with Gasteiger partial charge in [-0.15, -0.1) is 0 Å². The minimum atomic E-state index is -0.328. The predicted octanol–water partition coefficient (Wildman–Crippen LogP) is 2.69. The summed E-state index contributed by atoms with van der Waals surface area (Å²) in [5, 5.41) is 7.15. The molecule has 100 valence electrons. The van der Waals surface area contributed by atoms with Crippen molar-refractivity contribution in [2.24, 2.45) is 0 Å². The average Bonchev–Trinajstić information content (AvgIpc) is 2.75. The third-order valence-corrected chi connectivity index (χ3v) is 2.88. The lowest BCUT2D eigenvalue weighted by molar-refractivity contribution is 0.0600. The van der Waals surface area contributed by atoms with Crippen molar-refractivity contribution in [2.75, 3.05) is 12.4 Å². The van der Waals surface area contributed by atoms with Crippen LogP contribution in [0.4, 0.5) is 5.69 Å². The number of rotatable bonds is 4. The Labute approximate surface area is 111 Å². The molecule has 0 aliphatic carbocycles. The van der Waals surface area contributed by atoms with Crippen LogP contribution >= 0.6 is 0 Å². The zero-order valence-corrected chi connectivity index (χ0v) is 11.2. The van der Waals surface area contributed by atoms with E-state index in [1.807, 2.05) is 26.0 Å². The summed E-state index contributed by atoms with van der Waals surface area (Å²) < 4.78 is 9.73. The number of ether oxygens (including phenoxy) is 1. The van der Waals surface area contributed by atoms with E-state index < -0.39 is 0 Å². The third-order valence-electron chi connectivity index (χ3n) is 2.88. The highest BCUT2D eigenvalue weighted by molar-refractivity contribution is 5.89. The van der Waals surface area contributed by atoms with Crippen molar-refractivity contribution in [1.82, 2.24) is 5.16 Å². The molecule has 19 heavy (non-hydrogen) atoms. The Morgan fingerprint density at radius 3 is 2.53 bits per heavy atom. The van der Waals surface area contributed by atoms with Gasteiger partial charge in [-0.05, 0) is 31.5 Å². The lowest BCUT2D eigenvalue weighted by Crippen LogP contribution is -2.03. The fourth-order valence-electron chi connectivity index (χ4n) is 1.80. The van der Waals surface area contributed by atoms with Gasteiger partial charge in [0.15, 0.2) is 5.76 Å². The van der Waals surface area contributed by atoms with Crippen molar-refractivity contribution in [3.8, 4) is 0 Å². The number of esters is 1. The van der Waals surface area contributed by atoms with Gasteiger partial charge in [-0.1, -0.05) is 17.3 Å². The summed E-state index contributed by atoms with van der Waals surface area (Å²) in [6.45, 7) is 4.40. The molecule has 0 aliphatic rings. The second-order valence-corrected chi connectivity index (χ2v) is 4.24. The van der Waals surface area contributed by atoms with Crippen LogP contribution in [0.3, 0.4) is 0 Å². The van der Waals surface area contributed by atoms with Gasteiger partial charge in [0.2, 0.25) is 0 Å². The first-order valence-corrected chi connectivity index (χ1v) is 5.96. The molecule has 0 atom stereocenters. The Kier molecular flexibility index (Phi) is 3.85. The smallest absolute Gasteiger partial charge is 0.337 e. The first kappa shape index (κ1) is 13.1. The summed E-state index contributed by atoms with van der Waals surface area (Å²) in [7, 11) is 1.37. The van der Waals surface area contributed by atoms with Crippen LogP contribution in [0.25, 0.3) is 0 Å².